The number of thiophene rings is 1. The summed E-state index contributed by atoms with van der Waals surface area (Å²) in [6, 6.07) is 3.57. The third kappa shape index (κ3) is 2.94. The number of halogens is 1. The summed E-state index contributed by atoms with van der Waals surface area (Å²) in [4.78, 5) is 15.6. The fourth-order valence-electron chi connectivity index (χ4n) is 2.22. The van der Waals surface area contributed by atoms with Gasteiger partial charge in [-0.15, -0.1) is 11.3 Å². The zero-order chi connectivity index (χ0) is 14.0. The Hall–Kier alpha value is -0.620. The van der Waals surface area contributed by atoms with Crippen molar-refractivity contribution in [1.29, 1.82) is 0 Å². The first kappa shape index (κ1) is 14.8. The number of hydrogen-bond donors (Lipinski definition) is 1. The molecule has 1 aromatic rings. The predicted octanol–water partition coefficient (Wildman–Crippen LogP) is 2.11. The Morgan fingerprint density at radius 3 is 2.89 bits per heavy atom. The van der Waals surface area contributed by atoms with Gasteiger partial charge in [0.25, 0.3) is 0 Å². The van der Waals surface area contributed by atoms with E-state index in [1.54, 1.807) is 0 Å². The van der Waals surface area contributed by atoms with Crippen molar-refractivity contribution < 1.29 is 9.53 Å². The Balaban J connectivity index is 2.11. The van der Waals surface area contributed by atoms with Gasteiger partial charge >= 0.3 is 0 Å². The average molecular weight is 303 g/mol. The van der Waals surface area contributed by atoms with Crippen molar-refractivity contribution in [2.24, 2.45) is 11.1 Å². The summed E-state index contributed by atoms with van der Waals surface area (Å²) in [6.45, 7) is 5.93. The minimum Gasteiger partial charge on any atom is -0.379 e. The zero-order valence-corrected chi connectivity index (χ0v) is 12.8. The zero-order valence-electron chi connectivity index (χ0n) is 11.2. The molecule has 2 atom stereocenters. The van der Waals surface area contributed by atoms with Crippen LogP contribution in [0.2, 0.25) is 4.34 Å². The second-order valence-corrected chi connectivity index (χ2v) is 6.86. The maximum atomic E-state index is 12.7. The third-order valence-electron chi connectivity index (χ3n) is 3.65. The van der Waals surface area contributed by atoms with Gasteiger partial charge in [-0.1, -0.05) is 11.6 Å². The minimum atomic E-state index is -0.614. The summed E-state index contributed by atoms with van der Waals surface area (Å²) < 4.78 is 6.09. The molecule has 1 amide bonds. The van der Waals surface area contributed by atoms with Gasteiger partial charge in [0.2, 0.25) is 5.91 Å². The average Bonchev–Trinajstić information content (AvgIpc) is 2.94. The Morgan fingerprint density at radius 2 is 2.42 bits per heavy atom. The smallest absolute Gasteiger partial charge is 0.232 e. The highest BCUT2D eigenvalue weighted by molar-refractivity contribution is 7.16. The van der Waals surface area contributed by atoms with Gasteiger partial charge in [0, 0.05) is 17.5 Å². The van der Waals surface area contributed by atoms with E-state index in [1.165, 1.54) is 11.3 Å². The summed E-state index contributed by atoms with van der Waals surface area (Å²) in [5.41, 5.74) is 5.40. The molecule has 2 N–H and O–H groups in total. The van der Waals surface area contributed by atoms with Crippen molar-refractivity contribution >= 4 is 28.8 Å². The molecular formula is C13H19ClN2O2S. The van der Waals surface area contributed by atoms with Crippen LogP contribution in [0.1, 0.15) is 18.7 Å². The number of amides is 1. The highest BCUT2D eigenvalue weighted by Crippen LogP contribution is 2.31. The van der Waals surface area contributed by atoms with Crippen LogP contribution >= 0.6 is 22.9 Å². The third-order valence-corrected chi connectivity index (χ3v) is 4.87. The molecule has 1 fully saturated rings. The van der Waals surface area contributed by atoms with Crippen molar-refractivity contribution in [3.05, 3.63) is 21.3 Å². The molecule has 2 heterocycles. The van der Waals surface area contributed by atoms with Crippen LogP contribution in [-0.2, 0) is 16.1 Å². The first-order chi connectivity index (χ1) is 8.97. The van der Waals surface area contributed by atoms with Crippen LogP contribution in [0.3, 0.4) is 0 Å². The van der Waals surface area contributed by atoms with Crippen LogP contribution in [0, 0.1) is 5.41 Å². The summed E-state index contributed by atoms with van der Waals surface area (Å²) in [6.07, 6.45) is 0. The summed E-state index contributed by atoms with van der Waals surface area (Å²) >= 11 is 7.42. The number of carbonyl (C=O) groups excluding carboxylic acids is 1. The van der Waals surface area contributed by atoms with Gasteiger partial charge in [-0.2, -0.15) is 0 Å². The lowest BCUT2D eigenvalue weighted by atomic mass is 9.84. The quantitative estimate of drug-likeness (QED) is 0.927. The van der Waals surface area contributed by atoms with Crippen molar-refractivity contribution in [3.63, 3.8) is 0 Å². The van der Waals surface area contributed by atoms with Gasteiger partial charge in [0.15, 0.2) is 0 Å². The second kappa shape index (κ2) is 5.79. The van der Waals surface area contributed by atoms with Gasteiger partial charge in [-0.05, 0) is 26.0 Å². The van der Waals surface area contributed by atoms with E-state index < -0.39 is 5.41 Å². The van der Waals surface area contributed by atoms with Crippen molar-refractivity contribution in [2.75, 3.05) is 19.8 Å². The molecule has 1 aliphatic rings. The van der Waals surface area contributed by atoms with Gasteiger partial charge in [-0.25, -0.2) is 0 Å². The van der Waals surface area contributed by atoms with E-state index in [1.807, 2.05) is 30.9 Å². The van der Waals surface area contributed by atoms with Gasteiger partial charge in [-0.3, -0.25) is 4.79 Å². The van der Waals surface area contributed by atoms with Crippen LogP contribution < -0.4 is 5.73 Å². The van der Waals surface area contributed by atoms with Crippen molar-refractivity contribution in [1.82, 2.24) is 4.90 Å². The van der Waals surface area contributed by atoms with Gasteiger partial charge < -0.3 is 15.4 Å². The number of nitrogens with zero attached hydrogens (tertiary/aromatic N) is 1. The van der Waals surface area contributed by atoms with Crippen LogP contribution in [-0.4, -0.2) is 36.6 Å². The molecule has 6 heteroatoms. The number of nitrogens with two attached hydrogens (primary N) is 1. The van der Waals surface area contributed by atoms with E-state index in [0.717, 1.165) is 9.21 Å². The number of ether oxygens (including phenoxy) is 1. The fraction of sp³-hybridized carbons (Fsp3) is 0.615. The molecule has 0 aliphatic carbocycles. The molecule has 4 nitrogen and oxygen atoms in total. The molecule has 2 rings (SSSR count). The highest BCUT2D eigenvalue weighted by Gasteiger charge is 2.46. The molecule has 19 heavy (non-hydrogen) atoms. The molecular weight excluding hydrogens is 284 g/mol. The summed E-state index contributed by atoms with van der Waals surface area (Å²) in [7, 11) is 0. The molecule has 0 saturated carbocycles. The fourth-order valence-corrected chi connectivity index (χ4v) is 3.33. The van der Waals surface area contributed by atoms with Gasteiger partial charge in [0.1, 0.15) is 0 Å². The molecule has 0 radical (unpaired) electrons. The van der Waals surface area contributed by atoms with E-state index in [-0.39, 0.29) is 11.9 Å². The Labute approximate surface area is 122 Å². The van der Waals surface area contributed by atoms with Crippen LogP contribution in [0.25, 0.3) is 0 Å². The van der Waals surface area contributed by atoms with E-state index in [9.17, 15) is 4.79 Å². The largest absolute Gasteiger partial charge is 0.379 e. The molecule has 0 spiro atoms. The maximum Gasteiger partial charge on any atom is 0.232 e. The van der Waals surface area contributed by atoms with E-state index in [2.05, 4.69) is 0 Å². The molecule has 0 bridgehead atoms. The maximum absolute atomic E-state index is 12.7. The monoisotopic (exact) mass is 302 g/mol. The lowest BCUT2D eigenvalue weighted by Crippen LogP contribution is -2.51. The summed E-state index contributed by atoms with van der Waals surface area (Å²) in [5.74, 6) is 0.0597. The molecule has 2 unspecified atom stereocenters. The Bertz CT molecular complexity index is 465. The molecule has 0 aromatic carbocycles. The lowest BCUT2D eigenvalue weighted by Gasteiger charge is -2.32. The predicted molar refractivity (Wildman–Crippen MR) is 77.3 cm³/mol. The minimum absolute atomic E-state index is 0.0597. The number of hydrogen-bond acceptors (Lipinski definition) is 4. The van der Waals surface area contributed by atoms with Crippen LogP contribution in [0.4, 0.5) is 0 Å². The molecule has 1 aromatic heterocycles. The molecule has 1 saturated heterocycles. The van der Waals surface area contributed by atoms with E-state index in [4.69, 9.17) is 22.1 Å². The topological polar surface area (TPSA) is 55.6 Å². The van der Waals surface area contributed by atoms with Crippen molar-refractivity contribution in [3.8, 4) is 0 Å². The SMILES string of the molecule is CCN(Cc1ccc(Cl)s1)C(=O)C1(C)COCC1N. The standard InChI is InChI=1S/C13H19ClN2O2S/c1-3-16(6-9-4-5-11(14)19-9)12(17)13(2)8-18-7-10(13)15/h4-5,10H,3,6-8,15H2,1-2H3. The lowest BCUT2D eigenvalue weighted by molar-refractivity contribution is -0.142. The van der Waals surface area contributed by atoms with Gasteiger partial charge in [0.05, 0.1) is 29.5 Å². The number of rotatable bonds is 4. The van der Waals surface area contributed by atoms with Crippen LogP contribution in [0.15, 0.2) is 12.1 Å². The van der Waals surface area contributed by atoms with Crippen molar-refractivity contribution in [2.45, 2.75) is 26.4 Å². The second-order valence-electron chi connectivity index (χ2n) is 5.06. The molecule has 106 valence electrons. The van der Waals surface area contributed by atoms with E-state index >= 15 is 0 Å². The first-order valence-electron chi connectivity index (χ1n) is 6.34. The Kier molecular flexibility index (Phi) is 4.50. The van der Waals surface area contributed by atoms with Crippen LogP contribution in [0.5, 0.6) is 0 Å². The summed E-state index contributed by atoms with van der Waals surface area (Å²) in [5, 5.41) is 0. The normalized spacial score (nSPS) is 26.6. The first-order valence-corrected chi connectivity index (χ1v) is 7.53. The molecule has 1 aliphatic heterocycles. The van der Waals surface area contributed by atoms with E-state index in [0.29, 0.717) is 26.3 Å². The highest BCUT2D eigenvalue weighted by atomic mass is 35.5. The Morgan fingerprint density at radius 1 is 1.68 bits per heavy atom. The number of carbonyl (C=O) groups is 1.